The summed E-state index contributed by atoms with van der Waals surface area (Å²) in [6, 6.07) is 11.6. The van der Waals surface area contributed by atoms with Gasteiger partial charge in [0, 0.05) is 0 Å². The lowest BCUT2D eigenvalue weighted by molar-refractivity contribution is -0.122. The molecule has 0 aromatic heterocycles. The fourth-order valence-electron chi connectivity index (χ4n) is 2.90. The molecule has 1 N–H and O–H groups in total. The first-order valence-corrected chi connectivity index (χ1v) is 10.6. The van der Waals surface area contributed by atoms with E-state index in [9.17, 15) is 17.6 Å². The highest BCUT2D eigenvalue weighted by molar-refractivity contribution is 7.92. The number of hydrogen-bond donors (Lipinski definition) is 1. The third-order valence-corrected chi connectivity index (χ3v) is 5.53. The van der Waals surface area contributed by atoms with Gasteiger partial charge in [0.15, 0.2) is 0 Å². The highest BCUT2D eigenvalue weighted by Gasteiger charge is 2.32. The lowest BCUT2D eigenvalue weighted by Gasteiger charge is -2.31. The lowest BCUT2D eigenvalue weighted by Crippen LogP contribution is -2.49. The van der Waals surface area contributed by atoms with Crippen LogP contribution in [-0.4, -0.2) is 26.6 Å². The molecule has 0 unspecified atom stereocenters. The molecule has 0 saturated heterocycles. The minimum absolute atomic E-state index is 0.308. The smallest absolute Gasteiger partial charge is 0.244 e. The minimum Gasteiger partial charge on any atom is -0.348 e. The number of halogens is 1. The molecule has 2 rings (SSSR count). The first kappa shape index (κ1) is 20.9. The van der Waals surface area contributed by atoms with Gasteiger partial charge < -0.3 is 5.32 Å². The number of nitrogens with one attached hydrogen (secondary N) is 1. The zero-order chi connectivity index (χ0) is 20.2. The summed E-state index contributed by atoms with van der Waals surface area (Å²) in [5.74, 6) is -0.758. The first-order chi connectivity index (χ1) is 12.6. The van der Waals surface area contributed by atoms with E-state index in [2.05, 4.69) is 5.32 Å². The van der Waals surface area contributed by atoms with E-state index in [-0.39, 0.29) is 11.9 Å². The van der Waals surface area contributed by atoms with Gasteiger partial charge in [0.05, 0.1) is 18.0 Å². The van der Waals surface area contributed by atoms with Gasteiger partial charge in [-0.05, 0) is 50.1 Å². The predicted octanol–water partition coefficient (Wildman–Crippen LogP) is 3.56. The van der Waals surface area contributed by atoms with Gasteiger partial charge in [-0.15, -0.1) is 0 Å². The zero-order valence-electron chi connectivity index (χ0n) is 15.9. The number of carbonyl (C=O) groups excluding carboxylic acids is 1. The maximum atomic E-state index is 13.1. The number of benzene rings is 2. The second-order valence-corrected chi connectivity index (χ2v) is 8.46. The first-order valence-electron chi connectivity index (χ1n) is 8.75. The Morgan fingerprint density at radius 3 is 2.15 bits per heavy atom. The van der Waals surface area contributed by atoms with Crippen molar-refractivity contribution < 1.29 is 17.6 Å². The van der Waals surface area contributed by atoms with Crippen molar-refractivity contribution in [3.05, 3.63) is 65.5 Å². The van der Waals surface area contributed by atoms with E-state index in [4.69, 9.17) is 0 Å². The molecule has 5 nitrogen and oxygen atoms in total. The molecule has 0 saturated carbocycles. The molecule has 27 heavy (non-hydrogen) atoms. The fourth-order valence-corrected chi connectivity index (χ4v) is 4.11. The largest absolute Gasteiger partial charge is 0.348 e. The molecule has 2 aromatic carbocycles. The van der Waals surface area contributed by atoms with Crippen molar-refractivity contribution >= 4 is 21.6 Å². The van der Waals surface area contributed by atoms with Gasteiger partial charge in [0.2, 0.25) is 15.9 Å². The normalized spacial score (nSPS) is 13.7. The Balaban J connectivity index is 2.28. The highest BCUT2D eigenvalue weighted by atomic mass is 32.2. The number of nitrogens with zero attached hydrogens (tertiary/aromatic N) is 1. The van der Waals surface area contributed by atoms with Gasteiger partial charge in [0.1, 0.15) is 11.9 Å². The van der Waals surface area contributed by atoms with E-state index in [1.807, 2.05) is 6.92 Å². The summed E-state index contributed by atoms with van der Waals surface area (Å²) < 4.78 is 39.1. The maximum absolute atomic E-state index is 13.1. The number of carbonyl (C=O) groups is 1. The number of hydrogen-bond acceptors (Lipinski definition) is 3. The van der Waals surface area contributed by atoms with Crippen LogP contribution < -0.4 is 9.62 Å². The SMILES string of the molecule is CC[C@@H](C(=O)N[C@H](C)c1ccc(F)cc1)N(c1ccc(C)cc1)S(C)(=O)=O. The summed E-state index contributed by atoms with van der Waals surface area (Å²) in [7, 11) is -3.67. The van der Waals surface area contributed by atoms with Crippen LogP contribution in [0.4, 0.5) is 10.1 Å². The van der Waals surface area contributed by atoms with Crippen LogP contribution in [-0.2, 0) is 14.8 Å². The molecule has 0 heterocycles. The predicted molar refractivity (Wildman–Crippen MR) is 106 cm³/mol. The van der Waals surface area contributed by atoms with Crippen LogP contribution in [0.15, 0.2) is 48.5 Å². The standard InChI is InChI=1S/C20H25FN2O3S/c1-5-19(20(24)22-15(3)16-8-10-17(21)11-9-16)23(27(4,25)26)18-12-6-14(2)7-13-18/h6-13,15,19H,5H2,1-4H3,(H,22,24)/t15-,19+/m1/s1. The molecule has 1 amide bonds. The molecule has 2 aromatic rings. The summed E-state index contributed by atoms with van der Waals surface area (Å²) in [6.45, 7) is 5.44. The Kier molecular flexibility index (Phi) is 6.59. The van der Waals surface area contributed by atoms with E-state index in [1.165, 1.54) is 12.1 Å². The number of anilines is 1. The van der Waals surface area contributed by atoms with Crippen molar-refractivity contribution in [2.45, 2.75) is 39.3 Å². The number of sulfonamides is 1. The summed E-state index contributed by atoms with van der Waals surface area (Å²) >= 11 is 0. The summed E-state index contributed by atoms with van der Waals surface area (Å²) in [4.78, 5) is 12.9. The lowest BCUT2D eigenvalue weighted by atomic mass is 10.1. The monoisotopic (exact) mass is 392 g/mol. The van der Waals surface area contributed by atoms with E-state index in [0.29, 0.717) is 12.1 Å². The second kappa shape index (κ2) is 8.52. The van der Waals surface area contributed by atoms with Crippen molar-refractivity contribution in [2.75, 3.05) is 10.6 Å². The maximum Gasteiger partial charge on any atom is 0.244 e. The number of aryl methyl sites for hydroxylation is 1. The van der Waals surface area contributed by atoms with Crippen LogP contribution in [0, 0.1) is 12.7 Å². The minimum atomic E-state index is -3.67. The fraction of sp³-hybridized carbons (Fsp3) is 0.350. The second-order valence-electron chi connectivity index (χ2n) is 6.60. The molecule has 0 radical (unpaired) electrons. The van der Waals surface area contributed by atoms with Gasteiger partial charge in [0.25, 0.3) is 0 Å². The van der Waals surface area contributed by atoms with Crippen molar-refractivity contribution in [3.63, 3.8) is 0 Å². The average Bonchev–Trinajstić information content (AvgIpc) is 2.60. The molecule has 0 fully saturated rings. The number of rotatable bonds is 7. The van der Waals surface area contributed by atoms with E-state index in [1.54, 1.807) is 50.2 Å². The average molecular weight is 392 g/mol. The van der Waals surface area contributed by atoms with Crippen molar-refractivity contribution in [2.24, 2.45) is 0 Å². The van der Waals surface area contributed by atoms with Crippen LogP contribution in [0.25, 0.3) is 0 Å². The Morgan fingerprint density at radius 2 is 1.67 bits per heavy atom. The summed E-state index contributed by atoms with van der Waals surface area (Å²) in [6.07, 6.45) is 1.40. The third kappa shape index (κ3) is 5.29. The number of amides is 1. The van der Waals surface area contributed by atoms with Gasteiger partial charge in [-0.3, -0.25) is 9.10 Å². The molecule has 7 heteroatoms. The molecule has 0 aliphatic heterocycles. The molecule has 0 bridgehead atoms. The molecular formula is C20H25FN2O3S. The molecular weight excluding hydrogens is 367 g/mol. The molecule has 0 aliphatic carbocycles. The molecule has 2 atom stereocenters. The van der Waals surface area contributed by atoms with Crippen molar-refractivity contribution in [1.82, 2.24) is 5.32 Å². The molecule has 0 aliphatic rings. The van der Waals surface area contributed by atoms with Crippen LogP contribution in [0.3, 0.4) is 0 Å². The Morgan fingerprint density at radius 1 is 1.11 bits per heavy atom. The van der Waals surface area contributed by atoms with Crippen LogP contribution in [0.2, 0.25) is 0 Å². The van der Waals surface area contributed by atoms with E-state index >= 15 is 0 Å². The zero-order valence-corrected chi connectivity index (χ0v) is 16.8. The Hall–Kier alpha value is -2.41. The van der Waals surface area contributed by atoms with E-state index in [0.717, 1.165) is 21.7 Å². The van der Waals surface area contributed by atoms with Gasteiger partial charge >= 0.3 is 0 Å². The summed E-state index contributed by atoms with van der Waals surface area (Å²) in [5, 5.41) is 2.83. The van der Waals surface area contributed by atoms with Gasteiger partial charge in [-0.2, -0.15) is 0 Å². The molecule has 146 valence electrons. The van der Waals surface area contributed by atoms with Crippen LogP contribution >= 0.6 is 0 Å². The van der Waals surface area contributed by atoms with E-state index < -0.39 is 22.0 Å². The molecule has 0 spiro atoms. The highest BCUT2D eigenvalue weighted by Crippen LogP contribution is 2.24. The Bertz CT molecular complexity index is 880. The van der Waals surface area contributed by atoms with Crippen molar-refractivity contribution in [3.8, 4) is 0 Å². The third-order valence-electron chi connectivity index (χ3n) is 4.35. The quantitative estimate of drug-likeness (QED) is 0.784. The van der Waals surface area contributed by atoms with Gasteiger partial charge in [-0.1, -0.05) is 36.8 Å². The van der Waals surface area contributed by atoms with Crippen LogP contribution in [0.5, 0.6) is 0 Å². The van der Waals surface area contributed by atoms with Crippen molar-refractivity contribution in [1.29, 1.82) is 0 Å². The Labute approximate surface area is 160 Å². The topological polar surface area (TPSA) is 66.5 Å². The van der Waals surface area contributed by atoms with Crippen LogP contribution in [0.1, 0.15) is 37.4 Å². The summed E-state index contributed by atoms with van der Waals surface area (Å²) in [5.41, 5.74) is 2.18. The van der Waals surface area contributed by atoms with Gasteiger partial charge in [-0.25, -0.2) is 12.8 Å².